The highest BCUT2D eigenvalue weighted by Gasteiger charge is 2.38. The van der Waals surface area contributed by atoms with E-state index in [2.05, 4.69) is 39.8 Å². The molecule has 0 radical (unpaired) electrons. The first-order valence-electron chi connectivity index (χ1n) is 27.7. The number of aromatic nitrogens is 8. The van der Waals surface area contributed by atoms with Gasteiger partial charge in [0.1, 0.15) is 36.4 Å². The van der Waals surface area contributed by atoms with E-state index in [-0.39, 0.29) is 97.3 Å². The van der Waals surface area contributed by atoms with E-state index in [9.17, 15) is 67.1 Å². The summed E-state index contributed by atoms with van der Waals surface area (Å²) in [5.41, 5.74) is 1.51. The Balaban J connectivity index is 0.000000243. The predicted octanol–water partition coefficient (Wildman–Crippen LogP) is 2.65. The molecule has 2 unspecified atom stereocenters. The summed E-state index contributed by atoms with van der Waals surface area (Å²) < 4.78 is 71.8. The minimum absolute atomic E-state index is 0.00123. The summed E-state index contributed by atoms with van der Waals surface area (Å²) in [5, 5.41) is 68.5. The molecule has 0 saturated carbocycles. The number of H-pyrrole nitrogens is 2. The zero-order chi connectivity index (χ0) is 61.2. The minimum Gasteiger partial charge on any atom is -0.493 e. The van der Waals surface area contributed by atoms with E-state index in [4.69, 9.17) is 9.47 Å². The smallest absolute Gasteiger partial charge is 0.294 e. The zero-order valence-corrected chi connectivity index (χ0v) is 49.1. The molecule has 30 nitrogen and oxygen atoms in total. The molecule has 4 aromatic heterocycles. The number of aliphatic hydroxyl groups is 4. The van der Waals surface area contributed by atoms with Gasteiger partial charge in [-0.05, 0) is 114 Å². The fourth-order valence-electron chi connectivity index (χ4n) is 10.6. The molecule has 6 aromatic rings. The number of nitrogens with one attached hydrogen (secondary N) is 2. The molecule has 0 amide bonds. The van der Waals surface area contributed by atoms with Crippen molar-refractivity contribution in [1.29, 1.82) is 0 Å². The molecule has 8 rings (SSSR count). The monoisotopic (exact) mass is 1220 g/mol. The van der Waals surface area contributed by atoms with Crippen LogP contribution in [0, 0.1) is 57.7 Å². The molecule has 2 atom stereocenters. The van der Waals surface area contributed by atoms with Crippen LogP contribution in [0.4, 0.5) is 0 Å². The zero-order valence-electron chi connectivity index (χ0n) is 47.4. The van der Waals surface area contributed by atoms with Gasteiger partial charge >= 0.3 is 0 Å². The Labute approximate surface area is 482 Å². The van der Waals surface area contributed by atoms with Crippen LogP contribution in [0.5, 0.6) is 11.5 Å². The summed E-state index contributed by atoms with van der Waals surface area (Å²) in [6.45, 7) is 10.1. The molecule has 2 saturated heterocycles. The first-order chi connectivity index (χ1) is 40.0. The van der Waals surface area contributed by atoms with Gasteiger partial charge in [-0.3, -0.25) is 9.59 Å². The second-order valence-corrected chi connectivity index (χ2v) is 24.3. The molecule has 0 aliphatic carbocycles. The molecular formula is C52H72N12O18S2. The van der Waals surface area contributed by atoms with Crippen molar-refractivity contribution in [2.75, 3.05) is 65.8 Å². The van der Waals surface area contributed by atoms with Crippen LogP contribution in [0.1, 0.15) is 89.3 Å². The number of aromatic amines is 2. The third kappa shape index (κ3) is 14.3. The van der Waals surface area contributed by atoms with Crippen LogP contribution in [0.2, 0.25) is 0 Å². The van der Waals surface area contributed by atoms with Crippen molar-refractivity contribution < 1.29 is 66.6 Å². The molecule has 84 heavy (non-hydrogen) atoms. The van der Waals surface area contributed by atoms with Gasteiger partial charge in [-0.2, -0.15) is 8.61 Å². The van der Waals surface area contributed by atoms with Gasteiger partial charge in [0, 0.05) is 50.9 Å². The van der Waals surface area contributed by atoms with Gasteiger partial charge in [0.05, 0.1) is 70.9 Å². The number of aliphatic hydroxyl groups excluding tert-OH is 4. The van der Waals surface area contributed by atoms with Gasteiger partial charge in [0.25, 0.3) is 21.3 Å². The van der Waals surface area contributed by atoms with Crippen molar-refractivity contribution in [3.8, 4) is 34.3 Å². The maximum absolute atomic E-state index is 13.8. The summed E-state index contributed by atoms with van der Waals surface area (Å²) in [4.78, 5) is 70.4. The highest BCUT2D eigenvalue weighted by Crippen LogP contribution is 2.36. The van der Waals surface area contributed by atoms with E-state index in [0.717, 1.165) is 12.8 Å². The summed E-state index contributed by atoms with van der Waals surface area (Å²) in [7, 11) is -7.98. The fourth-order valence-corrected chi connectivity index (χ4v) is 13.6. The molecule has 32 heteroatoms. The van der Waals surface area contributed by atoms with Crippen molar-refractivity contribution >= 4 is 31.1 Å². The van der Waals surface area contributed by atoms with Crippen molar-refractivity contribution in [3.63, 3.8) is 0 Å². The second kappa shape index (κ2) is 28.1. The van der Waals surface area contributed by atoms with Gasteiger partial charge in [-0.25, -0.2) is 35.8 Å². The average molecular weight is 1220 g/mol. The van der Waals surface area contributed by atoms with Crippen molar-refractivity contribution in [2.24, 2.45) is 23.7 Å². The Bertz CT molecular complexity index is 3610. The van der Waals surface area contributed by atoms with Crippen LogP contribution in [-0.2, 0) is 42.6 Å². The quantitative estimate of drug-likeness (QED) is 0.0336. The summed E-state index contributed by atoms with van der Waals surface area (Å²) in [6, 6.07) is 8.76. The Hall–Kier alpha value is -7.20. The summed E-state index contributed by atoms with van der Waals surface area (Å²) in [5.74, 6) is -0.289. The number of fused-ring (bicyclic) bond motifs is 2. The van der Waals surface area contributed by atoms with Crippen LogP contribution < -0.4 is 20.6 Å². The molecule has 2 aliphatic heterocycles. The molecule has 0 bridgehead atoms. The molecule has 0 spiro atoms. The number of sulfonamides is 2. The number of hydrogen-bond donors (Lipinski definition) is 6. The van der Waals surface area contributed by atoms with E-state index < -0.39 is 79.0 Å². The summed E-state index contributed by atoms with van der Waals surface area (Å²) in [6.07, 6.45) is 1.72. The summed E-state index contributed by atoms with van der Waals surface area (Å²) >= 11 is 0. The first kappa shape index (κ1) is 64.4. The number of ether oxygens (including phenoxy) is 2. The second-order valence-electron chi connectivity index (χ2n) is 20.4. The molecule has 2 aliphatic rings. The molecular weight excluding hydrogens is 1140 g/mol. The fraction of sp³-hybridized carbons (Fsp3) is 0.577. The lowest BCUT2D eigenvalue weighted by atomic mass is 9.85. The van der Waals surface area contributed by atoms with Gasteiger partial charge in [-0.15, -0.1) is 30.4 Å². The number of piperidine rings is 2. The van der Waals surface area contributed by atoms with E-state index >= 15 is 0 Å². The van der Waals surface area contributed by atoms with Gasteiger partial charge in [0.15, 0.2) is 22.7 Å². The van der Waals surface area contributed by atoms with Gasteiger partial charge in [0.2, 0.25) is 20.0 Å². The van der Waals surface area contributed by atoms with Crippen molar-refractivity contribution in [1.82, 2.24) is 47.8 Å². The number of aryl methyl sites for hydroxylation is 4. The lowest BCUT2D eigenvalue weighted by Gasteiger charge is -2.36. The van der Waals surface area contributed by atoms with E-state index in [0.29, 0.717) is 83.4 Å². The predicted molar refractivity (Wildman–Crippen MR) is 300 cm³/mol. The number of benzene rings is 2. The Morgan fingerprint density at radius 2 is 1.00 bits per heavy atom. The van der Waals surface area contributed by atoms with E-state index in [1.807, 2.05) is 20.8 Å². The van der Waals surface area contributed by atoms with E-state index in [1.54, 1.807) is 26.8 Å². The molecule has 460 valence electrons. The SMILES string of the molecule is CCCc1nc(C)c2c(=O)[nH]c(-c3cc(S(=O)(=O)N4CCC(C(O)C(CO)CO)CC4)ccc3OCC)nn12.CCCc1nc(C)c2c(=O)[nH]c(-c3cc(S(=O)(=O)N4CCC(C(O)C(CO[N+](=O)[O-])CO[N+](=O)[O-])CC4)ccc3OCC)nn12. The lowest BCUT2D eigenvalue weighted by Crippen LogP contribution is -2.44. The van der Waals surface area contributed by atoms with Crippen LogP contribution >= 0.6 is 0 Å². The number of hydrogen-bond acceptors (Lipinski definition) is 22. The van der Waals surface area contributed by atoms with E-state index in [1.165, 1.54) is 48.0 Å². The highest BCUT2D eigenvalue weighted by atomic mass is 32.2. The van der Waals surface area contributed by atoms with Crippen LogP contribution in [0.15, 0.2) is 55.8 Å². The third-order valence-electron chi connectivity index (χ3n) is 14.9. The van der Waals surface area contributed by atoms with Crippen molar-refractivity contribution in [3.05, 3.63) is 100 Å². The topological polar surface area (TPSA) is 405 Å². The standard InChI is InChI=1S/C26H35N7O11S.C26H37N5O7S/c1-4-6-22-27-16(3)23-26(35)28-25(29-31(22)23)20-13-19(7-8-21(20)42-5-2)45(40,41)30-11-9-17(10-12-30)24(34)18(14-43-32(36)37)15-44-33(38)39;1-4-6-22-27-16(3)23-26(35)28-25(29-31(22)23)20-13-19(7-8-21(20)38-5-2)39(36,37)30-11-9-17(10-12-30)24(34)18(14-32)15-33/h7-8,13,17-18,24,34H,4-6,9-12,14-15H2,1-3H3,(H,28,29,35);7-8,13,17-18,24,32-34H,4-6,9-12,14-15H2,1-3H3,(H,28,29,35). The van der Waals surface area contributed by atoms with Gasteiger partial charge in [-0.1, -0.05) is 13.8 Å². The normalized spacial score (nSPS) is 15.8. The largest absolute Gasteiger partial charge is 0.493 e. The molecule has 6 N–H and O–H groups in total. The minimum atomic E-state index is -4.07. The molecule has 2 aromatic carbocycles. The number of imidazole rings is 2. The lowest BCUT2D eigenvalue weighted by molar-refractivity contribution is -0.769. The third-order valence-corrected chi connectivity index (χ3v) is 18.7. The Kier molecular flexibility index (Phi) is 21.5. The highest BCUT2D eigenvalue weighted by molar-refractivity contribution is 7.89. The Morgan fingerprint density at radius 1 is 0.631 bits per heavy atom. The Morgan fingerprint density at radius 3 is 1.33 bits per heavy atom. The molecule has 6 heterocycles. The average Bonchev–Trinajstić information content (AvgIpc) is 1.97. The maximum Gasteiger partial charge on any atom is 0.294 e. The maximum atomic E-state index is 13.8. The van der Waals surface area contributed by atoms with Gasteiger partial charge < -0.3 is 49.5 Å². The van der Waals surface area contributed by atoms with Crippen LogP contribution in [-0.4, -0.2) is 173 Å². The first-order valence-corrected chi connectivity index (χ1v) is 30.5. The van der Waals surface area contributed by atoms with Crippen LogP contribution in [0.25, 0.3) is 33.8 Å². The molecule has 2 fully saturated rings. The number of rotatable bonds is 26. The van der Waals surface area contributed by atoms with Crippen LogP contribution in [0.3, 0.4) is 0 Å². The number of nitrogens with zero attached hydrogens (tertiary/aromatic N) is 10. The van der Waals surface area contributed by atoms with Crippen molar-refractivity contribution in [2.45, 2.75) is 115 Å².